The van der Waals surface area contributed by atoms with Gasteiger partial charge in [-0.2, -0.15) is 23.5 Å². The molecule has 1 saturated carbocycles. The number of rotatable bonds is 14. The van der Waals surface area contributed by atoms with Crippen molar-refractivity contribution in [3.05, 3.63) is 24.3 Å². The van der Waals surface area contributed by atoms with E-state index in [4.69, 9.17) is 0 Å². The summed E-state index contributed by atoms with van der Waals surface area (Å²) in [5.41, 5.74) is 1.33. The monoisotopic (exact) mass is 654 g/mol. The number of carbonyl (C=O) groups excluding carboxylic acids is 2. The Bertz CT molecular complexity index is 797. The summed E-state index contributed by atoms with van der Waals surface area (Å²) in [5, 5.41) is 0.912. The molecule has 4 unspecified atom stereocenters. The zero-order chi connectivity index (χ0) is 26.8. The smallest absolute Gasteiger partial charge is 0.215 e. The average Bonchev–Trinajstić information content (AvgIpc) is 3.50. The molecule has 2 nitrogen and oxygen atoms in total. The highest BCUT2D eigenvalue weighted by Gasteiger charge is 2.40. The van der Waals surface area contributed by atoms with Crippen molar-refractivity contribution in [3.63, 3.8) is 0 Å². The molecular formula is C27H42O2S8. The van der Waals surface area contributed by atoms with Gasteiger partial charge in [0.1, 0.15) is 0 Å². The summed E-state index contributed by atoms with van der Waals surface area (Å²) in [4.78, 5) is 23.9. The van der Waals surface area contributed by atoms with Crippen LogP contribution in [0.25, 0.3) is 0 Å². The van der Waals surface area contributed by atoms with Crippen molar-refractivity contribution in [1.82, 2.24) is 0 Å². The lowest BCUT2D eigenvalue weighted by Gasteiger charge is -2.30. The second-order valence-electron chi connectivity index (χ2n) is 10.1. The summed E-state index contributed by atoms with van der Waals surface area (Å²) in [5.74, 6) is 10.0. The minimum absolute atomic E-state index is 0.151. The van der Waals surface area contributed by atoms with Crippen LogP contribution < -0.4 is 0 Å². The Kier molecular flexibility index (Phi) is 15.1. The van der Waals surface area contributed by atoms with E-state index in [2.05, 4.69) is 78.9 Å². The van der Waals surface area contributed by atoms with Crippen LogP contribution in [0.3, 0.4) is 0 Å². The predicted molar refractivity (Wildman–Crippen MR) is 184 cm³/mol. The number of hydrogen-bond donors (Lipinski definition) is 0. The van der Waals surface area contributed by atoms with E-state index in [1.54, 1.807) is 6.92 Å². The Morgan fingerprint density at radius 3 is 2.16 bits per heavy atom. The molecule has 10 heteroatoms. The molecular weight excluding hydrogens is 613 g/mol. The van der Waals surface area contributed by atoms with Crippen LogP contribution in [0.15, 0.2) is 24.3 Å². The van der Waals surface area contributed by atoms with Crippen LogP contribution in [0.2, 0.25) is 0 Å². The molecule has 0 aromatic rings. The molecule has 210 valence electrons. The standard InChI is InChI=1S/C27H42O2S8/c1-6-27(34-16-24(37-27)36-26(29)19(4)5)17-31-12-21-9-7-20(8-10-21)11-30-15-23-32-13-22(35-23)14-33-25(28)18(2)3/h20-24H,2,4,6-17H2,1,3,5H3. The fourth-order valence-electron chi connectivity index (χ4n) is 4.42. The normalized spacial score (nSPS) is 31.9. The first-order valence-corrected chi connectivity index (χ1v) is 21.2. The molecule has 0 radical (unpaired) electrons. The summed E-state index contributed by atoms with van der Waals surface area (Å²) < 4.78 is 1.34. The minimum Gasteiger partial charge on any atom is -0.282 e. The molecule has 3 fully saturated rings. The molecule has 3 rings (SSSR count). The maximum Gasteiger partial charge on any atom is 0.215 e. The van der Waals surface area contributed by atoms with Crippen LogP contribution in [0.4, 0.5) is 0 Å². The molecule has 0 aromatic carbocycles. The third-order valence-electron chi connectivity index (χ3n) is 6.76. The van der Waals surface area contributed by atoms with Crippen molar-refractivity contribution in [1.29, 1.82) is 0 Å². The summed E-state index contributed by atoms with van der Waals surface area (Å²) in [6, 6.07) is 0. The number of hydrogen-bond acceptors (Lipinski definition) is 10. The number of thioether (sulfide) groups is 8. The molecule has 1 aliphatic carbocycles. The van der Waals surface area contributed by atoms with Gasteiger partial charge < -0.3 is 0 Å². The van der Waals surface area contributed by atoms with Gasteiger partial charge in [0.2, 0.25) is 10.2 Å². The molecule has 0 aromatic heterocycles. The van der Waals surface area contributed by atoms with Crippen molar-refractivity contribution in [2.24, 2.45) is 11.8 Å². The van der Waals surface area contributed by atoms with Crippen molar-refractivity contribution in [2.45, 2.75) is 71.4 Å². The first-order chi connectivity index (χ1) is 17.7. The summed E-state index contributed by atoms with van der Waals surface area (Å²) in [6.07, 6.45) is 6.75. The quantitative estimate of drug-likeness (QED) is 0.169. The van der Waals surface area contributed by atoms with Crippen LogP contribution in [0.5, 0.6) is 0 Å². The highest BCUT2D eigenvalue weighted by molar-refractivity contribution is 8.33. The van der Waals surface area contributed by atoms with Gasteiger partial charge in [0.25, 0.3) is 0 Å². The Balaban J connectivity index is 1.24. The SMILES string of the molecule is C=C(C)C(=O)SCC1CSC(CSCC2CCC(CSCC3(CC)SCC(SC(=O)C(=C)C)S3)CC2)S1. The van der Waals surface area contributed by atoms with E-state index in [1.807, 2.05) is 18.7 Å². The maximum atomic E-state index is 12.1. The Hall–Kier alpha value is 1.62. The van der Waals surface area contributed by atoms with E-state index in [0.29, 0.717) is 25.6 Å². The first kappa shape index (κ1) is 33.1. The van der Waals surface area contributed by atoms with Gasteiger partial charge in [0.15, 0.2) is 0 Å². The molecule has 4 atom stereocenters. The van der Waals surface area contributed by atoms with Gasteiger partial charge in [-0.15, -0.1) is 47.0 Å². The lowest BCUT2D eigenvalue weighted by molar-refractivity contribution is -0.108. The molecule has 0 spiro atoms. The summed E-state index contributed by atoms with van der Waals surface area (Å²) in [7, 11) is 0. The summed E-state index contributed by atoms with van der Waals surface area (Å²) >= 11 is 15.5. The molecule has 3 aliphatic rings. The lowest BCUT2D eigenvalue weighted by atomic mass is 9.84. The maximum absolute atomic E-state index is 12.1. The van der Waals surface area contributed by atoms with Gasteiger partial charge in [-0.1, -0.05) is 43.6 Å². The van der Waals surface area contributed by atoms with Crippen LogP contribution in [-0.4, -0.2) is 69.0 Å². The van der Waals surface area contributed by atoms with Crippen LogP contribution in [-0.2, 0) is 9.59 Å². The zero-order valence-electron chi connectivity index (χ0n) is 22.4. The molecule has 0 amide bonds. The highest BCUT2D eigenvalue weighted by Crippen LogP contribution is 2.55. The molecule has 0 bridgehead atoms. The van der Waals surface area contributed by atoms with Crippen LogP contribution in [0, 0.1) is 11.8 Å². The number of carbonyl (C=O) groups is 2. The van der Waals surface area contributed by atoms with Gasteiger partial charge >= 0.3 is 0 Å². The van der Waals surface area contributed by atoms with E-state index in [1.165, 1.54) is 84.4 Å². The molecule has 2 heterocycles. The predicted octanol–water partition coefficient (Wildman–Crippen LogP) is 9.02. The van der Waals surface area contributed by atoms with E-state index < -0.39 is 0 Å². The van der Waals surface area contributed by atoms with Crippen molar-refractivity contribution < 1.29 is 9.59 Å². The topological polar surface area (TPSA) is 34.1 Å². The Labute approximate surface area is 259 Å². The fraction of sp³-hybridized carbons (Fsp3) is 0.778. The van der Waals surface area contributed by atoms with Crippen molar-refractivity contribution in [2.75, 3.05) is 40.3 Å². The third-order valence-corrected chi connectivity index (χ3v) is 20.3. The van der Waals surface area contributed by atoms with E-state index >= 15 is 0 Å². The van der Waals surface area contributed by atoms with Crippen LogP contribution >= 0.6 is 94.1 Å². The largest absolute Gasteiger partial charge is 0.282 e. The first-order valence-electron chi connectivity index (χ1n) is 13.1. The van der Waals surface area contributed by atoms with E-state index in [-0.39, 0.29) is 14.3 Å². The second-order valence-corrected chi connectivity index (χ2v) is 21.0. The van der Waals surface area contributed by atoms with Crippen molar-refractivity contribution in [3.8, 4) is 0 Å². The second kappa shape index (κ2) is 16.9. The van der Waals surface area contributed by atoms with Crippen LogP contribution in [0.1, 0.15) is 52.9 Å². The van der Waals surface area contributed by atoms with E-state index in [9.17, 15) is 9.59 Å². The Morgan fingerprint density at radius 2 is 1.54 bits per heavy atom. The minimum atomic E-state index is 0.151. The lowest BCUT2D eigenvalue weighted by Crippen LogP contribution is -2.22. The molecule has 0 N–H and O–H groups in total. The van der Waals surface area contributed by atoms with Gasteiger partial charge in [-0.05, 0) is 80.4 Å². The summed E-state index contributed by atoms with van der Waals surface area (Å²) in [6.45, 7) is 13.5. The molecule has 37 heavy (non-hydrogen) atoms. The molecule has 2 saturated heterocycles. The van der Waals surface area contributed by atoms with Gasteiger partial charge in [-0.25, -0.2) is 0 Å². The zero-order valence-corrected chi connectivity index (χ0v) is 28.9. The third kappa shape index (κ3) is 11.4. The van der Waals surface area contributed by atoms with Gasteiger partial charge in [-0.3, -0.25) is 9.59 Å². The average molecular weight is 655 g/mol. The van der Waals surface area contributed by atoms with Gasteiger partial charge in [0, 0.05) is 34.0 Å². The fourth-order valence-corrected chi connectivity index (χ4v) is 17.7. The Morgan fingerprint density at radius 1 is 0.892 bits per heavy atom. The van der Waals surface area contributed by atoms with E-state index in [0.717, 1.165) is 23.3 Å². The van der Waals surface area contributed by atoms with Crippen molar-refractivity contribution >= 4 is 104 Å². The van der Waals surface area contributed by atoms with Gasteiger partial charge in [0.05, 0.1) is 13.2 Å². The highest BCUT2D eigenvalue weighted by atomic mass is 32.2. The molecule has 2 aliphatic heterocycles.